The number of aryl methyl sites for hydroxylation is 1. The second kappa shape index (κ2) is 7.22. The largest absolute Gasteiger partial charge is 0.496 e. The van der Waals surface area contributed by atoms with E-state index in [-0.39, 0.29) is 4.90 Å². The fourth-order valence-corrected chi connectivity index (χ4v) is 3.48. The minimum atomic E-state index is -3.46. The fourth-order valence-electron chi connectivity index (χ4n) is 2.37. The zero-order chi connectivity index (χ0) is 15.3. The SMILES string of the molecule is COc1ccc(S(=O)(=O)NCCN2CCNCC2)cc1C. The summed E-state index contributed by atoms with van der Waals surface area (Å²) in [6.45, 7) is 6.84. The zero-order valence-electron chi connectivity index (χ0n) is 12.6. The molecule has 1 aliphatic heterocycles. The molecule has 0 radical (unpaired) electrons. The number of benzene rings is 1. The first kappa shape index (κ1) is 16.2. The van der Waals surface area contributed by atoms with Gasteiger partial charge in [0, 0.05) is 39.3 Å². The van der Waals surface area contributed by atoms with Crippen LogP contribution >= 0.6 is 0 Å². The summed E-state index contributed by atoms with van der Waals surface area (Å²) in [4.78, 5) is 2.53. The molecule has 0 spiro atoms. The second-order valence-corrected chi connectivity index (χ2v) is 6.89. The highest BCUT2D eigenvalue weighted by atomic mass is 32.2. The lowest BCUT2D eigenvalue weighted by molar-refractivity contribution is 0.245. The van der Waals surface area contributed by atoms with Crippen LogP contribution in [0.25, 0.3) is 0 Å². The van der Waals surface area contributed by atoms with E-state index in [1.54, 1.807) is 25.3 Å². The molecule has 0 aromatic heterocycles. The lowest BCUT2D eigenvalue weighted by Gasteiger charge is -2.27. The number of nitrogens with one attached hydrogen (secondary N) is 2. The van der Waals surface area contributed by atoms with Crippen LogP contribution in [0.15, 0.2) is 23.1 Å². The lowest BCUT2D eigenvalue weighted by atomic mass is 10.2. The summed E-state index contributed by atoms with van der Waals surface area (Å²) in [5.74, 6) is 0.690. The molecule has 1 heterocycles. The van der Waals surface area contributed by atoms with Gasteiger partial charge in [0.15, 0.2) is 0 Å². The monoisotopic (exact) mass is 313 g/mol. The Balaban J connectivity index is 1.93. The zero-order valence-corrected chi connectivity index (χ0v) is 13.4. The van der Waals surface area contributed by atoms with Gasteiger partial charge in [-0.1, -0.05) is 0 Å². The number of hydrogen-bond acceptors (Lipinski definition) is 5. The van der Waals surface area contributed by atoms with E-state index in [0.717, 1.165) is 38.3 Å². The maximum atomic E-state index is 12.2. The molecule has 0 bridgehead atoms. The molecule has 7 heteroatoms. The molecule has 2 rings (SSSR count). The smallest absolute Gasteiger partial charge is 0.240 e. The standard InChI is InChI=1S/C14H23N3O3S/c1-12-11-13(3-4-14(12)20-2)21(18,19)16-7-10-17-8-5-15-6-9-17/h3-4,11,15-16H,5-10H2,1-2H3. The molecule has 0 unspecified atom stereocenters. The molecule has 0 aliphatic carbocycles. The first-order valence-electron chi connectivity index (χ1n) is 7.10. The number of rotatable bonds is 6. The summed E-state index contributed by atoms with van der Waals surface area (Å²) in [6.07, 6.45) is 0. The Morgan fingerprint density at radius 2 is 2.05 bits per heavy atom. The number of ether oxygens (including phenoxy) is 1. The van der Waals surface area contributed by atoms with Crippen molar-refractivity contribution in [2.45, 2.75) is 11.8 Å². The molecule has 1 aromatic rings. The predicted octanol–water partition coefficient (Wildman–Crippen LogP) is 0.187. The molecule has 1 fully saturated rings. The van der Waals surface area contributed by atoms with Crippen molar-refractivity contribution in [2.75, 3.05) is 46.4 Å². The number of sulfonamides is 1. The average Bonchev–Trinajstić information content (AvgIpc) is 2.48. The normalized spacial score (nSPS) is 16.9. The van der Waals surface area contributed by atoms with Crippen molar-refractivity contribution in [3.05, 3.63) is 23.8 Å². The third-order valence-corrected chi connectivity index (χ3v) is 5.07. The van der Waals surface area contributed by atoms with Crippen LogP contribution in [-0.2, 0) is 10.0 Å². The first-order chi connectivity index (χ1) is 10.0. The van der Waals surface area contributed by atoms with E-state index in [9.17, 15) is 8.42 Å². The van der Waals surface area contributed by atoms with Crippen LogP contribution < -0.4 is 14.8 Å². The average molecular weight is 313 g/mol. The highest BCUT2D eigenvalue weighted by molar-refractivity contribution is 7.89. The van der Waals surface area contributed by atoms with E-state index >= 15 is 0 Å². The molecular formula is C14H23N3O3S. The summed E-state index contributed by atoms with van der Waals surface area (Å²) >= 11 is 0. The van der Waals surface area contributed by atoms with E-state index in [1.807, 2.05) is 6.92 Å². The van der Waals surface area contributed by atoms with E-state index in [1.165, 1.54) is 0 Å². The number of hydrogen-bond donors (Lipinski definition) is 2. The molecule has 0 atom stereocenters. The van der Waals surface area contributed by atoms with Crippen LogP contribution in [0, 0.1) is 6.92 Å². The highest BCUT2D eigenvalue weighted by Gasteiger charge is 2.16. The van der Waals surface area contributed by atoms with Gasteiger partial charge in [-0.05, 0) is 30.7 Å². The highest BCUT2D eigenvalue weighted by Crippen LogP contribution is 2.21. The maximum Gasteiger partial charge on any atom is 0.240 e. The third-order valence-electron chi connectivity index (χ3n) is 3.61. The molecule has 21 heavy (non-hydrogen) atoms. The van der Waals surface area contributed by atoms with Gasteiger partial charge in [-0.15, -0.1) is 0 Å². The molecular weight excluding hydrogens is 290 g/mol. The Labute approximate surface area is 126 Å². The predicted molar refractivity (Wildman–Crippen MR) is 82.2 cm³/mol. The Hall–Kier alpha value is -1.15. The lowest BCUT2D eigenvalue weighted by Crippen LogP contribution is -2.46. The summed E-state index contributed by atoms with van der Waals surface area (Å²) in [5, 5.41) is 3.27. The number of piperazine rings is 1. The molecule has 1 aromatic carbocycles. The Morgan fingerprint density at radius 1 is 1.33 bits per heavy atom. The number of methoxy groups -OCH3 is 1. The van der Waals surface area contributed by atoms with Crippen molar-refractivity contribution in [1.82, 2.24) is 14.9 Å². The molecule has 1 aliphatic rings. The van der Waals surface area contributed by atoms with E-state index in [4.69, 9.17) is 4.74 Å². The summed E-state index contributed by atoms with van der Waals surface area (Å²) in [6, 6.07) is 4.88. The van der Waals surface area contributed by atoms with Crippen molar-refractivity contribution in [3.63, 3.8) is 0 Å². The van der Waals surface area contributed by atoms with Crippen LogP contribution in [0.4, 0.5) is 0 Å². The molecule has 1 saturated heterocycles. The maximum absolute atomic E-state index is 12.2. The Kier molecular flexibility index (Phi) is 5.58. The van der Waals surface area contributed by atoms with Gasteiger partial charge in [-0.3, -0.25) is 4.90 Å². The van der Waals surface area contributed by atoms with Gasteiger partial charge in [0.1, 0.15) is 5.75 Å². The molecule has 0 saturated carbocycles. The van der Waals surface area contributed by atoms with Gasteiger partial charge in [-0.2, -0.15) is 0 Å². The van der Waals surface area contributed by atoms with Crippen LogP contribution in [0.2, 0.25) is 0 Å². The van der Waals surface area contributed by atoms with Gasteiger partial charge in [0.05, 0.1) is 12.0 Å². The van der Waals surface area contributed by atoms with Crippen molar-refractivity contribution in [1.29, 1.82) is 0 Å². The molecule has 6 nitrogen and oxygen atoms in total. The van der Waals surface area contributed by atoms with Gasteiger partial charge >= 0.3 is 0 Å². The van der Waals surface area contributed by atoms with Crippen LogP contribution in [-0.4, -0.2) is 59.7 Å². The first-order valence-corrected chi connectivity index (χ1v) is 8.58. The second-order valence-electron chi connectivity index (χ2n) is 5.12. The van der Waals surface area contributed by atoms with Gasteiger partial charge in [0.25, 0.3) is 0 Å². The van der Waals surface area contributed by atoms with E-state index < -0.39 is 10.0 Å². The van der Waals surface area contributed by atoms with E-state index in [2.05, 4.69) is 14.9 Å². The minimum Gasteiger partial charge on any atom is -0.496 e. The number of nitrogens with zero attached hydrogens (tertiary/aromatic N) is 1. The van der Waals surface area contributed by atoms with Gasteiger partial charge < -0.3 is 10.1 Å². The fraction of sp³-hybridized carbons (Fsp3) is 0.571. The third kappa shape index (κ3) is 4.41. The quantitative estimate of drug-likeness (QED) is 0.784. The topological polar surface area (TPSA) is 70.7 Å². The summed E-state index contributed by atoms with van der Waals surface area (Å²) in [5.41, 5.74) is 0.808. The Bertz CT molecular complexity index is 569. The van der Waals surface area contributed by atoms with Crippen LogP contribution in [0.1, 0.15) is 5.56 Å². The van der Waals surface area contributed by atoms with Crippen molar-refractivity contribution >= 4 is 10.0 Å². The van der Waals surface area contributed by atoms with Crippen molar-refractivity contribution in [2.24, 2.45) is 0 Å². The summed E-state index contributed by atoms with van der Waals surface area (Å²) in [7, 11) is -1.88. The van der Waals surface area contributed by atoms with Crippen molar-refractivity contribution < 1.29 is 13.2 Å². The molecule has 0 amide bonds. The molecule has 118 valence electrons. The Morgan fingerprint density at radius 3 is 2.67 bits per heavy atom. The van der Waals surface area contributed by atoms with Crippen molar-refractivity contribution in [3.8, 4) is 5.75 Å². The van der Waals surface area contributed by atoms with Gasteiger partial charge in [-0.25, -0.2) is 13.1 Å². The van der Waals surface area contributed by atoms with Gasteiger partial charge in [0.2, 0.25) is 10.0 Å². The molecule has 2 N–H and O–H groups in total. The summed E-state index contributed by atoms with van der Waals surface area (Å²) < 4.78 is 32.3. The van der Waals surface area contributed by atoms with Crippen LogP contribution in [0.5, 0.6) is 5.75 Å². The van der Waals surface area contributed by atoms with Crippen LogP contribution in [0.3, 0.4) is 0 Å². The van der Waals surface area contributed by atoms with E-state index in [0.29, 0.717) is 12.3 Å². The minimum absolute atomic E-state index is 0.279.